The fourth-order valence-corrected chi connectivity index (χ4v) is 4.96. The molecule has 2 aliphatic rings. The minimum atomic E-state index is -0.644. The van der Waals surface area contributed by atoms with Crippen molar-refractivity contribution in [1.29, 1.82) is 0 Å². The van der Waals surface area contributed by atoms with Crippen molar-refractivity contribution in [3.05, 3.63) is 21.1 Å². The van der Waals surface area contributed by atoms with Crippen LogP contribution in [0.2, 0.25) is 0 Å². The number of hydrogen-bond acceptors (Lipinski definition) is 5. The van der Waals surface area contributed by atoms with Gasteiger partial charge >= 0.3 is 5.69 Å². The highest BCUT2D eigenvalue weighted by Gasteiger charge is 2.37. The number of aliphatic hydroxyl groups excluding tert-OH is 1. The summed E-state index contributed by atoms with van der Waals surface area (Å²) in [6, 6.07) is 2.00. The molecule has 0 radical (unpaired) electrons. The van der Waals surface area contributed by atoms with E-state index < -0.39 is 6.10 Å². The van der Waals surface area contributed by atoms with Crippen LogP contribution >= 0.6 is 11.3 Å². The van der Waals surface area contributed by atoms with E-state index in [9.17, 15) is 15.2 Å². The van der Waals surface area contributed by atoms with Crippen molar-refractivity contribution in [2.75, 3.05) is 11.4 Å². The number of hydrogen-bond donors (Lipinski definition) is 1. The molecule has 2 fully saturated rings. The third-order valence-electron chi connectivity index (χ3n) is 4.83. The van der Waals surface area contributed by atoms with Crippen LogP contribution in [0.1, 0.15) is 56.4 Å². The van der Waals surface area contributed by atoms with E-state index in [1.165, 1.54) is 37.0 Å². The Kier molecular flexibility index (Phi) is 4.17. The zero-order valence-corrected chi connectivity index (χ0v) is 13.1. The van der Waals surface area contributed by atoms with Crippen LogP contribution < -0.4 is 4.90 Å². The molecule has 6 heteroatoms. The molecule has 5 nitrogen and oxygen atoms in total. The Labute approximate surface area is 128 Å². The molecular formula is C15H22N2O3S. The molecule has 0 bridgehead atoms. The van der Waals surface area contributed by atoms with Gasteiger partial charge in [0.1, 0.15) is 0 Å². The number of nitrogens with zero attached hydrogens (tertiary/aromatic N) is 2. The molecule has 2 unspecified atom stereocenters. The quantitative estimate of drug-likeness (QED) is 0.680. The zero-order chi connectivity index (χ0) is 15.0. The first-order valence-electron chi connectivity index (χ1n) is 7.80. The average Bonchev–Trinajstić information content (AvgIpc) is 2.92. The summed E-state index contributed by atoms with van der Waals surface area (Å²) < 4.78 is 0. The van der Waals surface area contributed by atoms with Gasteiger partial charge in [0.05, 0.1) is 11.0 Å². The van der Waals surface area contributed by atoms with E-state index in [2.05, 4.69) is 4.90 Å². The van der Waals surface area contributed by atoms with Gasteiger partial charge in [-0.05, 0) is 38.5 Å². The molecule has 3 rings (SSSR count). The summed E-state index contributed by atoms with van der Waals surface area (Å²) in [5.74, 6) is 0.684. The van der Waals surface area contributed by atoms with Crippen LogP contribution in [0, 0.1) is 16.0 Å². The summed E-state index contributed by atoms with van der Waals surface area (Å²) in [6.07, 6.45) is 6.63. The molecule has 0 amide bonds. The minimum absolute atomic E-state index is 0.169. The molecule has 1 N–H and O–H groups in total. The molecule has 1 aliphatic heterocycles. The van der Waals surface area contributed by atoms with Gasteiger partial charge in [0.15, 0.2) is 5.00 Å². The van der Waals surface area contributed by atoms with E-state index in [4.69, 9.17) is 0 Å². The van der Waals surface area contributed by atoms with Gasteiger partial charge in [-0.25, -0.2) is 0 Å². The predicted octanol–water partition coefficient (Wildman–Crippen LogP) is 3.87. The Morgan fingerprint density at radius 3 is 2.81 bits per heavy atom. The highest BCUT2D eigenvalue weighted by Crippen LogP contribution is 2.45. The summed E-state index contributed by atoms with van der Waals surface area (Å²) in [7, 11) is 0. The van der Waals surface area contributed by atoms with Gasteiger partial charge in [0.2, 0.25) is 0 Å². The van der Waals surface area contributed by atoms with Crippen molar-refractivity contribution in [2.24, 2.45) is 5.92 Å². The number of anilines is 1. The number of rotatable bonds is 3. The molecule has 1 aromatic heterocycles. The lowest BCUT2D eigenvalue weighted by Gasteiger charge is -2.44. The van der Waals surface area contributed by atoms with Crippen molar-refractivity contribution < 1.29 is 10.0 Å². The number of fused-ring (bicyclic) bond motifs is 1. The lowest BCUT2D eigenvalue weighted by atomic mass is 9.78. The van der Waals surface area contributed by atoms with E-state index in [0.717, 1.165) is 24.4 Å². The van der Waals surface area contributed by atoms with Crippen LogP contribution in [0.15, 0.2) is 6.07 Å². The van der Waals surface area contributed by atoms with Crippen molar-refractivity contribution in [3.63, 3.8) is 0 Å². The van der Waals surface area contributed by atoms with E-state index in [1.807, 2.05) is 0 Å². The van der Waals surface area contributed by atoms with Gasteiger partial charge < -0.3 is 10.0 Å². The molecule has 1 saturated carbocycles. The van der Waals surface area contributed by atoms with Crippen molar-refractivity contribution >= 4 is 22.0 Å². The van der Waals surface area contributed by atoms with Gasteiger partial charge in [0.25, 0.3) is 0 Å². The Bertz CT molecular complexity index is 527. The lowest BCUT2D eigenvalue weighted by molar-refractivity contribution is -0.383. The molecule has 0 spiro atoms. The fraction of sp³-hybridized carbons (Fsp3) is 0.733. The van der Waals surface area contributed by atoms with Crippen molar-refractivity contribution in [3.8, 4) is 0 Å². The molecular weight excluding hydrogens is 288 g/mol. The first-order valence-corrected chi connectivity index (χ1v) is 8.62. The summed E-state index contributed by atoms with van der Waals surface area (Å²) in [6.45, 7) is 2.57. The maximum atomic E-state index is 11.4. The Morgan fingerprint density at radius 1 is 1.38 bits per heavy atom. The SMILES string of the molecule is C[C@H](O)c1cc([N+](=O)[O-])c(N2CCCC3CCCCC32)s1. The third kappa shape index (κ3) is 2.79. The summed E-state index contributed by atoms with van der Waals surface area (Å²) >= 11 is 1.39. The second-order valence-electron chi connectivity index (χ2n) is 6.22. The van der Waals surface area contributed by atoms with E-state index in [-0.39, 0.29) is 10.6 Å². The number of aliphatic hydroxyl groups is 1. The first-order chi connectivity index (χ1) is 10.1. The summed E-state index contributed by atoms with van der Waals surface area (Å²) in [4.78, 5) is 14.0. The second-order valence-corrected chi connectivity index (χ2v) is 7.28. The number of thiophene rings is 1. The lowest BCUT2D eigenvalue weighted by Crippen LogP contribution is -2.46. The fourth-order valence-electron chi connectivity index (χ4n) is 3.81. The maximum absolute atomic E-state index is 11.4. The third-order valence-corrected chi connectivity index (χ3v) is 6.16. The van der Waals surface area contributed by atoms with Gasteiger partial charge in [0, 0.05) is 23.5 Å². The Hall–Kier alpha value is -1.14. The smallest absolute Gasteiger partial charge is 0.304 e. The molecule has 21 heavy (non-hydrogen) atoms. The maximum Gasteiger partial charge on any atom is 0.304 e. The highest BCUT2D eigenvalue weighted by molar-refractivity contribution is 7.16. The van der Waals surface area contributed by atoms with Crippen molar-refractivity contribution in [2.45, 2.75) is 57.6 Å². The van der Waals surface area contributed by atoms with E-state index in [1.54, 1.807) is 13.0 Å². The van der Waals surface area contributed by atoms with Crippen LogP contribution in [-0.4, -0.2) is 22.6 Å². The van der Waals surface area contributed by atoms with E-state index in [0.29, 0.717) is 16.8 Å². The van der Waals surface area contributed by atoms with Gasteiger partial charge in [-0.3, -0.25) is 10.1 Å². The molecule has 116 valence electrons. The van der Waals surface area contributed by atoms with Crippen LogP contribution in [0.25, 0.3) is 0 Å². The van der Waals surface area contributed by atoms with Gasteiger partial charge in [-0.1, -0.05) is 12.8 Å². The van der Waals surface area contributed by atoms with E-state index >= 15 is 0 Å². The molecule has 1 saturated heterocycles. The monoisotopic (exact) mass is 310 g/mol. The van der Waals surface area contributed by atoms with Gasteiger partial charge in [-0.2, -0.15) is 0 Å². The molecule has 1 aromatic rings. The normalized spacial score (nSPS) is 27.2. The van der Waals surface area contributed by atoms with Gasteiger partial charge in [-0.15, -0.1) is 11.3 Å². The Morgan fingerprint density at radius 2 is 2.10 bits per heavy atom. The molecule has 0 aromatic carbocycles. The molecule has 1 aliphatic carbocycles. The number of piperidine rings is 1. The van der Waals surface area contributed by atoms with Crippen LogP contribution in [0.3, 0.4) is 0 Å². The zero-order valence-electron chi connectivity index (χ0n) is 12.3. The largest absolute Gasteiger partial charge is 0.388 e. The standard InChI is InChI=1S/C15H22N2O3S/c1-10(18)14-9-13(17(19)20)15(21-14)16-8-4-6-11-5-2-3-7-12(11)16/h9-12,18H,2-8H2,1H3/t10-,11?,12?/m0/s1. The molecule has 2 heterocycles. The summed E-state index contributed by atoms with van der Waals surface area (Å²) in [5, 5.41) is 21.9. The topological polar surface area (TPSA) is 66.6 Å². The average molecular weight is 310 g/mol. The van der Waals surface area contributed by atoms with Crippen LogP contribution in [0.5, 0.6) is 0 Å². The molecule has 3 atom stereocenters. The highest BCUT2D eigenvalue weighted by atomic mass is 32.1. The first kappa shape index (κ1) is 14.8. The van der Waals surface area contributed by atoms with Crippen LogP contribution in [0.4, 0.5) is 10.7 Å². The number of nitro groups is 1. The second kappa shape index (κ2) is 5.93. The van der Waals surface area contributed by atoms with Crippen molar-refractivity contribution in [1.82, 2.24) is 0 Å². The van der Waals surface area contributed by atoms with Crippen LogP contribution in [-0.2, 0) is 0 Å². The Balaban J connectivity index is 1.95. The predicted molar refractivity (Wildman–Crippen MR) is 83.9 cm³/mol. The minimum Gasteiger partial charge on any atom is -0.388 e. The summed E-state index contributed by atoms with van der Waals surface area (Å²) in [5.41, 5.74) is 0.169.